The Balaban J connectivity index is 1.70. The summed E-state index contributed by atoms with van der Waals surface area (Å²) in [6.45, 7) is 1.43. The van der Waals surface area contributed by atoms with Crippen molar-refractivity contribution in [2.75, 3.05) is 10.6 Å². The van der Waals surface area contributed by atoms with E-state index in [0.29, 0.717) is 28.1 Å². The van der Waals surface area contributed by atoms with Gasteiger partial charge < -0.3 is 10.6 Å². The molecule has 10 heteroatoms. The number of carbonyl (C=O) groups is 1. The highest BCUT2D eigenvalue weighted by molar-refractivity contribution is 7.90. The smallest absolute Gasteiger partial charge is 0.284 e. The molecule has 154 valence electrons. The number of aromatic nitrogens is 3. The van der Waals surface area contributed by atoms with E-state index in [1.807, 2.05) is 6.07 Å². The van der Waals surface area contributed by atoms with Crippen molar-refractivity contribution >= 4 is 44.0 Å². The topological polar surface area (TPSA) is 130 Å². The summed E-state index contributed by atoms with van der Waals surface area (Å²) in [6, 6.07) is 16.4. The molecular weight excluding hydrogens is 416 g/mol. The lowest BCUT2D eigenvalue weighted by molar-refractivity contribution is -0.114. The number of nitrogens with zero attached hydrogens (tertiary/aromatic N) is 4. The van der Waals surface area contributed by atoms with Gasteiger partial charge in [-0.25, -0.2) is 4.98 Å². The fourth-order valence-electron chi connectivity index (χ4n) is 3.02. The van der Waals surface area contributed by atoms with Gasteiger partial charge >= 0.3 is 0 Å². The summed E-state index contributed by atoms with van der Waals surface area (Å²) in [5.41, 5.74) is 1.71. The summed E-state index contributed by atoms with van der Waals surface area (Å²) < 4.78 is 27.2. The summed E-state index contributed by atoms with van der Waals surface area (Å²) in [5, 5.41) is 19.6. The third-order valence-corrected chi connectivity index (χ3v) is 6.07. The molecule has 0 unspecified atom stereocenters. The molecule has 0 saturated carbocycles. The fourth-order valence-corrected chi connectivity index (χ4v) is 4.44. The van der Waals surface area contributed by atoms with Crippen molar-refractivity contribution < 1.29 is 13.2 Å². The second-order valence-corrected chi connectivity index (χ2v) is 8.35. The molecule has 0 spiro atoms. The van der Waals surface area contributed by atoms with Crippen LogP contribution in [-0.2, 0) is 14.8 Å². The average Bonchev–Trinajstić information content (AvgIpc) is 3.19. The minimum Gasteiger partial charge on any atom is -0.340 e. The molecule has 1 amide bonds. The Morgan fingerprint density at radius 1 is 1.06 bits per heavy atom. The number of fused-ring (bicyclic) bond motifs is 1. The highest BCUT2D eigenvalue weighted by Gasteiger charge is 2.23. The molecular formula is C21H16N6O3S. The predicted molar refractivity (Wildman–Crippen MR) is 115 cm³/mol. The lowest BCUT2D eigenvalue weighted by Crippen LogP contribution is -2.15. The fraction of sp³-hybridized carbons (Fsp3) is 0.0476. The molecule has 2 aromatic heterocycles. The van der Waals surface area contributed by atoms with E-state index in [1.165, 1.54) is 31.5 Å². The van der Waals surface area contributed by atoms with Crippen molar-refractivity contribution in [3.05, 3.63) is 72.6 Å². The number of benzene rings is 2. The largest absolute Gasteiger partial charge is 0.340 e. The van der Waals surface area contributed by atoms with Crippen molar-refractivity contribution in [1.82, 2.24) is 14.2 Å². The van der Waals surface area contributed by atoms with E-state index in [0.717, 1.165) is 4.09 Å². The molecule has 2 N–H and O–H groups in total. The summed E-state index contributed by atoms with van der Waals surface area (Å²) >= 11 is 0. The van der Waals surface area contributed by atoms with Crippen LogP contribution < -0.4 is 10.6 Å². The summed E-state index contributed by atoms with van der Waals surface area (Å²) in [4.78, 5) is 15.3. The van der Waals surface area contributed by atoms with Gasteiger partial charge in [-0.3, -0.25) is 4.79 Å². The van der Waals surface area contributed by atoms with Crippen LogP contribution in [0.15, 0.2) is 71.9 Å². The Labute approximate surface area is 178 Å². The van der Waals surface area contributed by atoms with Crippen LogP contribution in [-0.4, -0.2) is 28.5 Å². The molecule has 0 aliphatic carbocycles. The Kier molecular flexibility index (Phi) is 5.10. The second-order valence-electron chi connectivity index (χ2n) is 6.61. The van der Waals surface area contributed by atoms with E-state index >= 15 is 0 Å². The normalized spacial score (nSPS) is 11.1. The van der Waals surface area contributed by atoms with E-state index in [9.17, 15) is 18.5 Å². The summed E-state index contributed by atoms with van der Waals surface area (Å²) in [5.74, 6) is 0.241. The number of anilines is 3. The summed E-state index contributed by atoms with van der Waals surface area (Å²) in [6.07, 6.45) is 2.92. The molecule has 0 bridgehead atoms. The number of carbonyl (C=O) groups excluding carboxylic acids is 1. The molecule has 31 heavy (non-hydrogen) atoms. The number of hydrogen-bond acceptors (Lipinski definition) is 7. The van der Waals surface area contributed by atoms with Gasteiger partial charge in [-0.1, -0.05) is 12.1 Å². The summed E-state index contributed by atoms with van der Waals surface area (Å²) in [7, 11) is -4.08. The van der Waals surface area contributed by atoms with Gasteiger partial charge in [-0.05, 0) is 36.4 Å². The predicted octanol–water partition coefficient (Wildman–Crippen LogP) is 3.24. The van der Waals surface area contributed by atoms with Crippen LogP contribution in [0.2, 0.25) is 0 Å². The van der Waals surface area contributed by atoms with Crippen LogP contribution in [0.5, 0.6) is 0 Å². The van der Waals surface area contributed by atoms with Gasteiger partial charge in [0.25, 0.3) is 10.0 Å². The van der Waals surface area contributed by atoms with Crippen molar-refractivity contribution in [3.63, 3.8) is 0 Å². The third kappa shape index (κ3) is 3.94. The zero-order valence-corrected chi connectivity index (χ0v) is 17.1. The minimum absolute atomic E-state index is 0.0396. The molecule has 9 nitrogen and oxygen atoms in total. The van der Waals surface area contributed by atoms with Crippen molar-refractivity contribution in [2.45, 2.75) is 11.8 Å². The number of rotatable bonds is 5. The van der Waals surface area contributed by atoms with E-state index in [4.69, 9.17) is 0 Å². The minimum atomic E-state index is -4.08. The van der Waals surface area contributed by atoms with Gasteiger partial charge in [-0.2, -0.15) is 22.9 Å². The first kappa shape index (κ1) is 20.1. The van der Waals surface area contributed by atoms with E-state index in [2.05, 4.69) is 20.7 Å². The quantitative estimate of drug-likeness (QED) is 0.495. The highest BCUT2D eigenvalue weighted by atomic mass is 32.2. The van der Waals surface area contributed by atoms with E-state index < -0.39 is 10.0 Å². The average molecular weight is 432 g/mol. The maximum atomic E-state index is 13.2. The van der Waals surface area contributed by atoms with Gasteiger partial charge in [-0.15, -0.1) is 0 Å². The number of amides is 1. The number of hydrogen-bond donors (Lipinski definition) is 2. The van der Waals surface area contributed by atoms with Crippen LogP contribution in [0.3, 0.4) is 0 Å². The van der Waals surface area contributed by atoms with Gasteiger partial charge in [0, 0.05) is 35.9 Å². The first-order chi connectivity index (χ1) is 14.9. The second kappa shape index (κ2) is 7.89. The van der Waals surface area contributed by atoms with Gasteiger partial charge in [0.05, 0.1) is 17.3 Å². The molecule has 4 aromatic rings. The molecule has 0 radical (unpaired) electrons. The molecule has 0 atom stereocenters. The van der Waals surface area contributed by atoms with E-state index in [1.54, 1.807) is 42.5 Å². The number of pyridine rings is 1. The van der Waals surface area contributed by atoms with Crippen LogP contribution in [0, 0.1) is 11.3 Å². The maximum Gasteiger partial charge on any atom is 0.284 e. The van der Waals surface area contributed by atoms with Gasteiger partial charge in [0.2, 0.25) is 5.91 Å². The first-order valence-electron chi connectivity index (χ1n) is 9.11. The Bertz CT molecular complexity index is 1440. The lowest BCUT2D eigenvalue weighted by atomic mass is 10.2. The molecule has 0 aliphatic heterocycles. The molecule has 2 heterocycles. The molecule has 0 aliphatic rings. The number of nitriles is 1. The molecule has 4 rings (SSSR count). The van der Waals surface area contributed by atoms with Gasteiger partial charge in [0.15, 0.2) is 0 Å². The van der Waals surface area contributed by atoms with Crippen molar-refractivity contribution in [2.24, 2.45) is 0 Å². The van der Waals surface area contributed by atoms with Crippen molar-refractivity contribution in [3.8, 4) is 6.07 Å². The maximum absolute atomic E-state index is 13.2. The zero-order chi connectivity index (χ0) is 22.0. The third-order valence-electron chi connectivity index (χ3n) is 4.41. The van der Waals surface area contributed by atoms with E-state index in [-0.39, 0.29) is 16.4 Å². The monoisotopic (exact) mass is 432 g/mol. The molecule has 0 saturated heterocycles. The van der Waals surface area contributed by atoms with Crippen LogP contribution in [0.25, 0.3) is 10.9 Å². The lowest BCUT2D eigenvalue weighted by Gasteiger charge is -2.09. The van der Waals surface area contributed by atoms with Crippen LogP contribution in [0.4, 0.5) is 17.2 Å². The number of nitrogens with one attached hydrogen (secondary N) is 2. The molecule has 0 fully saturated rings. The Morgan fingerprint density at radius 2 is 1.77 bits per heavy atom. The van der Waals surface area contributed by atoms with Crippen molar-refractivity contribution in [1.29, 1.82) is 5.26 Å². The zero-order valence-electron chi connectivity index (χ0n) is 16.3. The standard InChI is InChI=1S/C21H16N6O3S/c1-14(28)25-17-6-8-18(9-7-17)26-21-10-19-16(12-23-21)13-24-27(19)31(29,30)20-5-3-2-4-15(20)11-22/h2-10,12-13H,1H3,(H,23,26)(H,25,28). The highest BCUT2D eigenvalue weighted by Crippen LogP contribution is 2.25. The SMILES string of the molecule is CC(=O)Nc1ccc(Nc2cc3c(cn2)cnn3S(=O)(=O)c2ccccc2C#N)cc1. The Hall–Kier alpha value is -4.23. The first-order valence-corrected chi connectivity index (χ1v) is 10.6. The van der Waals surface area contributed by atoms with Gasteiger partial charge in [0.1, 0.15) is 16.8 Å². The molecule has 2 aromatic carbocycles. The Morgan fingerprint density at radius 3 is 2.48 bits per heavy atom. The van der Waals surface area contributed by atoms with Crippen LogP contribution >= 0.6 is 0 Å². The van der Waals surface area contributed by atoms with Crippen LogP contribution in [0.1, 0.15) is 12.5 Å².